The topological polar surface area (TPSA) is 84.2 Å². The van der Waals surface area contributed by atoms with Crippen molar-refractivity contribution in [3.63, 3.8) is 0 Å². The van der Waals surface area contributed by atoms with Crippen molar-refractivity contribution in [2.24, 2.45) is 5.92 Å². The lowest BCUT2D eigenvalue weighted by Crippen LogP contribution is -2.43. The Labute approximate surface area is 181 Å². The van der Waals surface area contributed by atoms with E-state index in [1.165, 1.54) is 6.42 Å². The van der Waals surface area contributed by atoms with Gasteiger partial charge in [0, 0.05) is 31.7 Å². The maximum atomic E-state index is 12.8. The minimum atomic E-state index is -0.0666. The van der Waals surface area contributed by atoms with E-state index in [2.05, 4.69) is 25.3 Å². The molecule has 1 saturated heterocycles. The van der Waals surface area contributed by atoms with Gasteiger partial charge >= 0.3 is 0 Å². The molecule has 0 bridgehead atoms. The Kier molecular flexibility index (Phi) is 5.65. The number of hydrogen-bond donors (Lipinski definition) is 1. The highest BCUT2D eigenvalue weighted by Gasteiger charge is 2.30. The summed E-state index contributed by atoms with van der Waals surface area (Å²) in [4.78, 5) is 24.3. The molecule has 1 aromatic carbocycles. The smallest absolute Gasteiger partial charge is 0.230 e. The van der Waals surface area contributed by atoms with Gasteiger partial charge in [0.05, 0.1) is 11.5 Å². The fourth-order valence-electron chi connectivity index (χ4n) is 4.30. The molecule has 2 aromatic heterocycles. The molecule has 0 radical (unpaired) electrons. The van der Waals surface area contributed by atoms with Crippen LogP contribution in [0.2, 0.25) is 0 Å². The van der Waals surface area contributed by atoms with Gasteiger partial charge in [0.1, 0.15) is 5.82 Å². The molecule has 1 amide bonds. The van der Waals surface area contributed by atoms with Gasteiger partial charge in [-0.25, -0.2) is 4.98 Å². The molecule has 0 spiro atoms. The molecule has 160 valence electrons. The average molecular weight is 418 g/mol. The fourth-order valence-corrected chi connectivity index (χ4v) is 4.30. The first-order valence-corrected chi connectivity index (χ1v) is 11.1. The number of piperidine rings is 1. The summed E-state index contributed by atoms with van der Waals surface area (Å²) in [5, 5.41) is 7.32. The summed E-state index contributed by atoms with van der Waals surface area (Å²) in [7, 11) is 0. The van der Waals surface area contributed by atoms with Crippen molar-refractivity contribution in [2.75, 3.05) is 18.0 Å². The average Bonchev–Trinajstić information content (AvgIpc) is 3.26. The normalized spacial score (nSPS) is 19.1. The highest BCUT2D eigenvalue weighted by molar-refractivity contribution is 5.80. The summed E-state index contributed by atoms with van der Waals surface area (Å²) in [5.41, 5.74) is 1.97. The molecule has 1 N–H and O–H groups in total. The third-order valence-corrected chi connectivity index (χ3v) is 6.33. The van der Waals surface area contributed by atoms with Crippen molar-refractivity contribution in [3.05, 3.63) is 60.1 Å². The number of amides is 1. The Bertz CT molecular complexity index is 1030. The van der Waals surface area contributed by atoms with Crippen LogP contribution in [0, 0.1) is 5.92 Å². The van der Waals surface area contributed by atoms with E-state index in [0.717, 1.165) is 55.1 Å². The number of benzene rings is 1. The zero-order valence-corrected chi connectivity index (χ0v) is 17.5. The van der Waals surface area contributed by atoms with Gasteiger partial charge in [-0.15, -0.1) is 0 Å². The Morgan fingerprint density at radius 1 is 1.10 bits per heavy atom. The lowest BCUT2D eigenvalue weighted by molar-refractivity contribution is -0.125. The second-order valence-electron chi connectivity index (χ2n) is 8.45. The number of pyridine rings is 1. The van der Waals surface area contributed by atoms with Gasteiger partial charge < -0.3 is 14.7 Å². The standard InChI is InChI=1S/C24H27N5O2/c30-23(26-15-17-7-2-1-3-8-17)19-11-6-14-29(16-19)22-20(12-5-13-25-22)21-27-24(31-28-21)18-9-4-10-18/h1-3,5,7-8,12-13,18-19H,4,6,9-11,14-16H2,(H,26,30). The van der Waals surface area contributed by atoms with Crippen LogP contribution in [-0.4, -0.2) is 34.1 Å². The van der Waals surface area contributed by atoms with Crippen LogP contribution in [0.3, 0.4) is 0 Å². The highest BCUT2D eigenvalue weighted by Crippen LogP contribution is 2.37. The van der Waals surface area contributed by atoms with Crippen molar-refractivity contribution >= 4 is 11.7 Å². The van der Waals surface area contributed by atoms with E-state index < -0.39 is 0 Å². The molecule has 2 aliphatic rings. The van der Waals surface area contributed by atoms with Crippen LogP contribution < -0.4 is 10.2 Å². The fraction of sp³-hybridized carbons (Fsp3) is 0.417. The number of rotatable bonds is 6. The van der Waals surface area contributed by atoms with E-state index in [9.17, 15) is 4.79 Å². The molecule has 7 heteroatoms. The van der Waals surface area contributed by atoms with E-state index in [1.807, 2.05) is 42.5 Å². The van der Waals surface area contributed by atoms with Crippen LogP contribution >= 0.6 is 0 Å². The molecule has 5 rings (SSSR count). The Morgan fingerprint density at radius 2 is 1.97 bits per heavy atom. The molecular formula is C24H27N5O2. The van der Waals surface area contributed by atoms with Gasteiger partial charge in [0.2, 0.25) is 17.6 Å². The Hall–Kier alpha value is -3.22. The molecule has 1 saturated carbocycles. The molecule has 3 heterocycles. The largest absolute Gasteiger partial charge is 0.355 e. The lowest BCUT2D eigenvalue weighted by atomic mass is 9.85. The molecule has 1 aliphatic heterocycles. The first kappa shape index (κ1) is 19.7. The first-order chi connectivity index (χ1) is 15.3. The van der Waals surface area contributed by atoms with E-state index in [1.54, 1.807) is 6.20 Å². The monoisotopic (exact) mass is 417 g/mol. The third kappa shape index (κ3) is 4.31. The molecule has 7 nitrogen and oxygen atoms in total. The Morgan fingerprint density at radius 3 is 2.77 bits per heavy atom. The molecule has 3 aromatic rings. The number of carbonyl (C=O) groups excluding carboxylic acids is 1. The van der Waals surface area contributed by atoms with E-state index in [-0.39, 0.29) is 11.8 Å². The van der Waals surface area contributed by atoms with Crippen LogP contribution in [0.4, 0.5) is 5.82 Å². The molecule has 1 unspecified atom stereocenters. The number of hydrogen-bond acceptors (Lipinski definition) is 6. The zero-order valence-electron chi connectivity index (χ0n) is 17.5. The van der Waals surface area contributed by atoms with Crippen molar-refractivity contribution in [3.8, 4) is 11.4 Å². The second kappa shape index (κ2) is 8.88. The summed E-state index contributed by atoms with van der Waals surface area (Å²) in [6.45, 7) is 2.05. The molecule has 31 heavy (non-hydrogen) atoms. The quantitative estimate of drug-likeness (QED) is 0.654. The summed E-state index contributed by atoms with van der Waals surface area (Å²) in [6.07, 6.45) is 7.07. The summed E-state index contributed by atoms with van der Waals surface area (Å²) >= 11 is 0. The summed E-state index contributed by atoms with van der Waals surface area (Å²) in [6, 6.07) is 13.9. The number of nitrogens with zero attached hydrogens (tertiary/aromatic N) is 4. The number of carbonyl (C=O) groups is 1. The first-order valence-electron chi connectivity index (χ1n) is 11.1. The van der Waals surface area contributed by atoms with Gasteiger partial charge in [-0.3, -0.25) is 4.79 Å². The number of anilines is 1. The van der Waals surface area contributed by atoms with Crippen LogP contribution in [-0.2, 0) is 11.3 Å². The number of aromatic nitrogens is 3. The molecule has 2 fully saturated rings. The lowest BCUT2D eigenvalue weighted by Gasteiger charge is -2.33. The van der Waals surface area contributed by atoms with Crippen LogP contribution in [0.25, 0.3) is 11.4 Å². The minimum Gasteiger partial charge on any atom is -0.355 e. The number of nitrogens with one attached hydrogen (secondary N) is 1. The molecular weight excluding hydrogens is 390 g/mol. The van der Waals surface area contributed by atoms with E-state index >= 15 is 0 Å². The highest BCUT2D eigenvalue weighted by atomic mass is 16.5. The SMILES string of the molecule is O=C(NCc1ccccc1)C1CCCN(c2ncccc2-c2noc(C3CCC3)n2)C1. The molecule has 1 atom stereocenters. The van der Waals surface area contributed by atoms with Gasteiger partial charge in [-0.1, -0.05) is 41.9 Å². The predicted octanol–water partition coefficient (Wildman–Crippen LogP) is 3.93. The van der Waals surface area contributed by atoms with Crippen molar-refractivity contribution in [1.82, 2.24) is 20.4 Å². The predicted molar refractivity (Wildman–Crippen MR) is 117 cm³/mol. The van der Waals surface area contributed by atoms with Crippen LogP contribution in [0.5, 0.6) is 0 Å². The van der Waals surface area contributed by atoms with Gasteiger partial charge in [0.15, 0.2) is 0 Å². The minimum absolute atomic E-state index is 0.0666. The van der Waals surface area contributed by atoms with Crippen molar-refractivity contribution < 1.29 is 9.32 Å². The van der Waals surface area contributed by atoms with Gasteiger partial charge in [-0.05, 0) is 43.4 Å². The van der Waals surface area contributed by atoms with E-state index in [4.69, 9.17) is 4.52 Å². The summed E-state index contributed by atoms with van der Waals surface area (Å²) < 4.78 is 5.53. The maximum Gasteiger partial charge on any atom is 0.230 e. The third-order valence-electron chi connectivity index (χ3n) is 6.33. The molecule has 1 aliphatic carbocycles. The summed E-state index contributed by atoms with van der Waals surface area (Å²) in [5.74, 6) is 2.56. The van der Waals surface area contributed by atoms with Crippen LogP contribution in [0.1, 0.15) is 49.5 Å². The Balaban J connectivity index is 1.29. The van der Waals surface area contributed by atoms with Gasteiger partial charge in [0.25, 0.3) is 0 Å². The van der Waals surface area contributed by atoms with E-state index in [0.29, 0.717) is 24.8 Å². The van der Waals surface area contributed by atoms with Crippen molar-refractivity contribution in [1.29, 1.82) is 0 Å². The zero-order chi connectivity index (χ0) is 21.0. The van der Waals surface area contributed by atoms with Gasteiger partial charge in [-0.2, -0.15) is 4.98 Å². The second-order valence-corrected chi connectivity index (χ2v) is 8.45. The van der Waals surface area contributed by atoms with Crippen molar-refractivity contribution in [2.45, 2.75) is 44.6 Å². The van der Waals surface area contributed by atoms with Crippen LogP contribution in [0.15, 0.2) is 53.2 Å². The maximum absolute atomic E-state index is 12.8.